The van der Waals surface area contributed by atoms with Gasteiger partial charge in [-0.1, -0.05) is 13.8 Å². The quantitative estimate of drug-likeness (QED) is 0.806. The topological polar surface area (TPSA) is 70.3 Å². The van der Waals surface area contributed by atoms with E-state index in [1.807, 2.05) is 13.8 Å². The highest BCUT2D eigenvalue weighted by Gasteiger charge is 2.21. The van der Waals surface area contributed by atoms with Crippen molar-refractivity contribution < 1.29 is 9.47 Å². The highest BCUT2D eigenvalue weighted by atomic mass is 16.5. The van der Waals surface area contributed by atoms with Gasteiger partial charge in [0.05, 0.1) is 18.5 Å². The van der Waals surface area contributed by atoms with Crippen molar-refractivity contribution in [2.24, 2.45) is 5.73 Å². The molecule has 5 heteroatoms. The van der Waals surface area contributed by atoms with Crippen molar-refractivity contribution in [3.8, 4) is 11.8 Å². The summed E-state index contributed by atoms with van der Waals surface area (Å²) in [6.07, 6.45) is 4.92. The molecule has 0 atom stereocenters. The van der Waals surface area contributed by atoms with Crippen LogP contribution in [0, 0.1) is 0 Å². The van der Waals surface area contributed by atoms with Gasteiger partial charge in [0.2, 0.25) is 11.8 Å². The second-order valence-corrected chi connectivity index (χ2v) is 4.72. The lowest BCUT2D eigenvalue weighted by molar-refractivity contribution is 0.191. The Morgan fingerprint density at radius 3 is 2.39 bits per heavy atom. The molecule has 18 heavy (non-hydrogen) atoms. The number of hydrogen-bond donors (Lipinski definition) is 1. The van der Waals surface area contributed by atoms with E-state index in [-0.39, 0.29) is 11.6 Å². The Balaban J connectivity index is 2.62. The van der Waals surface area contributed by atoms with Crippen LogP contribution in [0.5, 0.6) is 11.8 Å². The minimum atomic E-state index is -0.309. The number of hydrogen-bond acceptors (Lipinski definition) is 5. The molecule has 0 spiro atoms. The maximum absolute atomic E-state index is 6.16. The van der Waals surface area contributed by atoms with E-state index in [0.29, 0.717) is 18.4 Å². The van der Waals surface area contributed by atoms with E-state index < -0.39 is 0 Å². The zero-order chi connectivity index (χ0) is 13.6. The van der Waals surface area contributed by atoms with Gasteiger partial charge in [-0.2, -0.15) is 4.98 Å². The fraction of sp³-hybridized carbons (Fsp3) is 0.692. The van der Waals surface area contributed by atoms with Gasteiger partial charge in [-0.05, 0) is 26.7 Å². The van der Waals surface area contributed by atoms with E-state index in [1.54, 1.807) is 12.4 Å². The van der Waals surface area contributed by atoms with Crippen LogP contribution in [-0.2, 0) is 0 Å². The average Bonchev–Trinajstić information content (AvgIpc) is 2.36. The maximum atomic E-state index is 6.16. The lowest BCUT2D eigenvalue weighted by atomic mass is 9.96. The van der Waals surface area contributed by atoms with E-state index in [4.69, 9.17) is 15.2 Å². The first-order valence-corrected chi connectivity index (χ1v) is 6.39. The molecule has 1 aromatic heterocycles. The van der Waals surface area contributed by atoms with Gasteiger partial charge >= 0.3 is 0 Å². The summed E-state index contributed by atoms with van der Waals surface area (Å²) in [5.74, 6) is 0.919. The fourth-order valence-electron chi connectivity index (χ4n) is 1.37. The van der Waals surface area contributed by atoms with Crippen LogP contribution in [0.4, 0.5) is 0 Å². The van der Waals surface area contributed by atoms with Gasteiger partial charge in [0.25, 0.3) is 0 Å². The molecule has 5 nitrogen and oxygen atoms in total. The van der Waals surface area contributed by atoms with Crippen LogP contribution in [0.2, 0.25) is 0 Å². The van der Waals surface area contributed by atoms with Crippen LogP contribution in [-0.4, -0.2) is 28.2 Å². The summed E-state index contributed by atoms with van der Waals surface area (Å²) >= 11 is 0. The second kappa shape index (κ2) is 6.54. The van der Waals surface area contributed by atoms with Crippen LogP contribution in [0.3, 0.4) is 0 Å². The lowest BCUT2D eigenvalue weighted by Gasteiger charge is -2.26. The molecule has 0 saturated carbocycles. The van der Waals surface area contributed by atoms with Gasteiger partial charge in [-0.3, -0.25) is 4.98 Å². The Labute approximate surface area is 109 Å². The van der Waals surface area contributed by atoms with Crippen molar-refractivity contribution in [3.63, 3.8) is 0 Å². The van der Waals surface area contributed by atoms with Gasteiger partial charge in [-0.15, -0.1) is 0 Å². The zero-order valence-electron chi connectivity index (χ0n) is 11.6. The van der Waals surface area contributed by atoms with Crippen molar-refractivity contribution in [2.45, 2.75) is 52.2 Å². The largest absolute Gasteiger partial charge is 0.475 e. The molecule has 2 N–H and O–H groups in total. The van der Waals surface area contributed by atoms with Crippen molar-refractivity contribution in [3.05, 3.63) is 12.4 Å². The summed E-state index contributed by atoms with van der Waals surface area (Å²) in [5.41, 5.74) is 5.85. The fourth-order valence-corrected chi connectivity index (χ4v) is 1.37. The summed E-state index contributed by atoms with van der Waals surface area (Å²) in [6.45, 7) is 8.41. The number of rotatable bonds is 7. The molecule has 0 aromatic carbocycles. The van der Waals surface area contributed by atoms with Gasteiger partial charge < -0.3 is 15.2 Å². The molecule has 0 aliphatic rings. The van der Waals surface area contributed by atoms with E-state index in [1.165, 1.54) is 0 Å². The minimum Gasteiger partial charge on any atom is -0.475 e. The monoisotopic (exact) mass is 253 g/mol. The Bertz CT molecular complexity index is 365. The second-order valence-electron chi connectivity index (χ2n) is 4.72. The molecule has 0 aliphatic heterocycles. The van der Waals surface area contributed by atoms with Crippen LogP contribution in [0.1, 0.15) is 40.5 Å². The molecule has 0 radical (unpaired) electrons. The summed E-state index contributed by atoms with van der Waals surface area (Å²) in [7, 11) is 0. The van der Waals surface area contributed by atoms with E-state index in [9.17, 15) is 0 Å². The molecule has 0 fully saturated rings. The summed E-state index contributed by atoms with van der Waals surface area (Å²) in [4.78, 5) is 8.26. The summed E-state index contributed by atoms with van der Waals surface area (Å²) in [6, 6.07) is 0. The van der Waals surface area contributed by atoms with Crippen molar-refractivity contribution in [2.75, 3.05) is 6.61 Å². The van der Waals surface area contributed by atoms with Gasteiger partial charge in [0.1, 0.15) is 6.61 Å². The molecule has 1 aromatic rings. The molecular weight excluding hydrogens is 230 g/mol. The van der Waals surface area contributed by atoms with Crippen LogP contribution >= 0.6 is 0 Å². The first kappa shape index (κ1) is 14.7. The van der Waals surface area contributed by atoms with Crippen molar-refractivity contribution >= 4 is 0 Å². The predicted molar refractivity (Wildman–Crippen MR) is 70.8 cm³/mol. The van der Waals surface area contributed by atoms with Gasteiger partial charge in [0, 0.05) is 5.54 Å². The summed E-state index contributed by atoms with van der Waals surface area (Å²) < 4.78 is 11.1. The van der Waals surface area contributed by atoms with Crippen LogP contribution in [0.25, 0.3) is 0 Å². The number of nitrogens with two attached hydrogens (primary N) is 1. The molecular formula is C13H23N3O2. The SMILES string of the molecule is CCC(N)(CC)COc1cncc(OC(C)C)n1. The predicted octanol–water partition coefficient (Wildman–Crippen LogP) is 2.16. The normalized spacial score (nSPS) is 11.7. The maximum Gasteiger partial charge on any atom is 0.235 e. The molecule has 0 bridgehead atoms. The molecule has 1 heterocycles. The average molecular weight is 253 g/mol. The molecule has 0 amide bonds. The number of aromatic nitrogens is 2. The lowest BCUT2D eigenvalue weighted by Crippen LogP contribution is -2.44. The first-order valence-electron chi connectivity index (χ1n) is 6.39. The smallest absolute Gasteiger partial charge is 0.235 e. The van der Waals surface area contributed by atoms with Gasteiger partial charge in [-0.25, -0.2) is 0 Å². The third-order valence-electron chi connectivity index (χ3n) is 2.86. The van der Waals surface area contributed by atoms with E-state index in [0.717, 1.165) is 12.8 Å². The van der Waals surface area contributed by atoms with Crippen molar-refractivity contribution in [1.29, 1.82) is 0 Å². The molecule has 102 valence electrons. The van der Waals surface area contributed by atoms with E-state index >= 15 is 0 Å². The zero-order valence-corrected chi connectivity index (χ0v) is 11.6. The third-order valence-corrected chi connectivity index (χ3v) is 2.86. The number of nitrogens with zero attached hydrogens (tertiary/aromatic N) is 2. The molecule has 0 aliphatic carbocycles. The Morgan fingerprint density at radius 1 is 1.22 bits per heavy atom. The van der Waals surface area contributed by atoms with Crippen LogP contribution < -0.4 is 15.2 Å². The Morgan fingerprint density at radius 2 is 1.83 bits per heavy atom. The highest BCUT2D eigenvalue weighted by Crippen LogP contribution is 2.16. The third kappa shape index (κ3) is 4.49. The highest BCUT2D eigenvalue weighted by molar-refractivity contribution is 5.13. The van der Waals surface area contributed by atoms with Crippen molar-refractivity contribution in [1.82, 2.24) is 9.97 Å². The van der Waals surface area contributed by atoms with Crippen LogP contribution in [0.15, 0.2) is 12.4 Å². The Kier molecular flexibility index (Phi) is 5.34. The molecule has 0 saturated heterocycles. The summed E-state index contributed by atoms with van der Waals surface area (Å²) in [5, 5.41) is 0. The van der Waals surface area contributed by atoms with Gasteiger partial charge in [0.15, 0.2) is 0 Å². The number of ether oxygens (including phenoxy) is 2. The standard InChI is InChI=1S/C13H23N3O2/c1-5-13(14,6-2)9-17-11-7-15-8-12(16-11)18-10(3)4/h7-8,10H,5-6,9,14H2,1-4H3. The first-order chi connectivity index (χ1) is 8.49. The van der Waals surface area contributed by atoms with E-state index in [2.05, 4.69) is 23.8 Å². The molecule has 1 rings (SSSR count). The molecule has 0 unspecified atom stereocenters. The Hall–Kier alpha value is -1.36. The minimum absolute atomic E-state index is 0.0643.